The highest BCUT2D eigenvalue weighted by molar-refractivity contribution is 6.30. The predicted molar refractivity (Wildman–Crippen MR) is 170 cm³/mol. The van der Waals surface area contributed by atoms with E-state index in [1.807, 2.05) is 24.3 Å². The van der Waals surface area contributed by atoms with Crippen molar-refractivity contribution in [2.75, 3.05) is 57.7 Å². The SMILES string of the molecule is Clc1ccc(C(c2ccc(Cl)cc2)N2CCN(Cc3nc(NCCN4CCCCC4)c4ccccc4n3)CC2)cc1. The van der Waals surface area contributed by atoms with Crippen LogP contribution in [0.25, 0.3) is 10.9 Å². The fourth-order valence-electron chi connectivity index (χ4n) is 6.13. The number of nitrogens with zero attached hydrogens (tertiary/aromatic N) is 5. The van der Waals surface area contributed by atoms with Gasteiger partial charge in [-0.15, -0.1) is 0 Å². The van der Waals surface area contributed by atoms with E-state index in [9.17, 15) is 0 Å². The summed E-state index contributed by atoms with van der Waals surface area (Å²) < 4.78 is 0. The molecule has 0 radical (unpaired) electrons. The van der Waals surface area contributed by atoms with Gasteiger partial charge < -0.3 is 10.2 Å². The van der Waals surface area contributed by atoms with Gasteiger partial charge in [-0.2, -0.15) is 0 Å². The lowest BCUT2D eigenvalue weighted by atomic mass is 9.96. The van der Waals surface area contributed by atoms with Crippen molar-refractivity contribution in [1.82, 2.24) is 24.7 Å². The average Bonchev–Trinajstić information content (AvgIpc) is 3.00. The first-order valence-electron chi connectivity index (χ1n) is 14.8. The van der Waals surface area contributed by atoms with E-state index < -0.39 is 0 Å². The number of hydrogen-bond donors (Lipinski definition) is 1. The van der Waals surface area contributed by atoms with Crippen molar-refractivity contribution in [3.8, 4) is 0 Å². The fourth-order valence-corrected chi connectivity index (χ4v) is 6.38. The van der Waals surface area contributed by atoms with Gasteiger partial charge in [0, 0.05) is 54.7 Å². The molecule has 2 aliphatic rings. The minimum absolute atomic E-state index is 0.152. The van der Waals surface area contributed by atoms with Gasteiger partial charge >= 0.3 is 0 Å². The number of aromatic nitrogens is 2. The van der Waals surface area contributed by atoms with Crippen molar-refractivity contribution in [2.45, 2.75) is 31.8 Å². The van der Waals surface area contributed by atoms with Crippen LogP contribution in [0.3, 0.4) is 0 Å². The summed E-state index contributed by atoms with van der Waals surface area (Å²) in [5.41, 5.74) is 3.48. The van der Waals surface area contributed by atoms with Crippen LogP contribution < -0.4 is 5.32 Å². The molecule has 1 N–H and O–H groups in total. The summed E-state index contributed by atoms with van der Waals surface area (Å²) >= 11 is 12.4. The number of benzene rings is 3. The maximum absolute atomic E-state index is 6.22. The quantitative estimate of drug-likeness (QED) is 0.233. The minimum atomic E-state index is 0.152. The van der Waals surface area contributed by atoms with Crippen molar-refractivity contribution in [3.63, 3.8) is 0 Å². The second-order valence-electron chi connectivity index (χ2n) is 11.2. The highest BCUT2D eigenvalue weighted by atomic mass is 35.5. The zero-order chi connectivity index (χ0) is 28.0. The van der Waals surface area contributed by atoms with Crippen LogP contribution in [-0.4, -0.2) is 77.0 Å². The Morgan fingerprint density at radius 1 is 0.683 bits per heavy atom. The lowest BCUT2D eigenvalue weighted by Gasteiger charge is -2.39. The van der Waals surface area contributed by atoms with Gasteiger partial charge in [-0.05, 0) is 73.5 Å². The van der Waals surface area contributed by atoms with E-state index >= 15 is 0 Å². The Balaban J connectivity index is 1.13. The van der Waals surface area contributed by atoms with E-state index in [1.165, 1.54) is 43.5 Å². The third-order valence-electron chi connectivity index (χ3n) is 8.33. The molecule has 0 unspecified atom stereocenters. The molecule has 3 heterocycles. The van der Waals surface area contributed by atoms with Gasteiger partial charge in [0.05, 0.1) is 18.1 Å². The number of piperazine rings is 1. The van der Waals surface area contributed by atoms with Crippen LogP contribution in [0, 0.1) is 0 Å². The summed E-state index contributed by atoms with van der Waals surface area (Å²) in [6, 6.07) is 24.9. The number of nitrogens with one attached hydrogen (secondary N) is 1. The molecule has 6 rings (SSSR count). The van der Waals surface area contributed by atoms with Crippen LogP contribution in [0.2, 0.25) is 10.0 Å². The van der Waals surface area contributed by atoms with Crippen LogP contribution in [-0.2, 0) is 6.54 Å². The summed E-state index contributed by atoms with van der Waals surface area (Å²) in [5, 5.41) is 6.24. The minimum Gasteiger partial charge on any atom is -0.368 e. The van der Waals surface area contributed by atoms with Crippen molar-refractivity contribution in [3.05, 3.63) is 99.8 Å². The lowest BCUT2D eigenvalue weighted by molar-refractivity contribution is 0.103. The van der Waals surface area contributed by atoms with Crippen molar-refractivity contribution in [2.24, 2.45) is 0 Å². The zero-order valence-corrected chi connectivity index (χ0v) is 25.0. The number of rotatable bonds is 9. The topological polar surface area (TPSA) is 47.5 Å². The number of anilines is 1. The number of likely N-dealkylation sites (tertiary alicyclic amines) is 1. The molecular weight excluding hydrogens is 551 g/mol. The molecule has 8 heteroatoms. The lowest BCUT2D eigenvalue weighted by Crippen LogP contribution is -2.47. The Labute approximate surface area is 253 Å². The van der Waals surface area contributed by atoms with Gasteiger partial charge in [0.1, 0.15) is 11.6 Å². The second-order valence-corrected chi connectivity index (χ2v) is 12.0. The van der Waals surface area contributed by atoms with Crippen molar-refractivity contribution >= 4 is 39.9 Å². The third-order valence-corrected chi connectivity index (χ3v) is 8.83. The van der Waals surface area contributed by atoms with Crippen molar-refractivity contribution < 1.29 is 0 Å². The smallest absolute Gasteiger partial charge is 0.145 e. The average molecular weight is 590 g/mol. The van der Waals surface area contributed by atoms with Gasteiger partial charge in [-0.3, -0.25) is 9.80 Å². The molecule has 214 valence electrons. The molecule has 4 aromatic rings. The Morgan fingerprint density at radius 2 is 1.32 bits per heavy atom. The first kappa shape index (κ1) is 28.4. The number of fused-ring (bicyclic) bond motifs is 1. The molecule has 0 atom stereocenters. The Morgan fingerprint density at radius 3 is 1.98 bits per heavy atom. The van der Waals surface area contributed by atoms with E-state index in [0.29, 0.717) is 0 Å². The monoisotopic (exact) mass is 588 g/mol. The zero-order valence-electron chi connectivity index (χ0n) is 23.5. The second kappa shape index (κ2) is 13.5. The number of halogens is 2. The molecule has 0 aliphatic carbocycles. The standard InChI is InChI=1S/C33H38Cl2N6/c34-27-12-8-25(9-13-27)32(26-10-14-28(35)15-11-26)41-22-20-40(21-23-41)24-31-37-30-7-3-2-6-29(30)33(38-31)36-16-19-39-17-4-1-5-18-39/h2-3,6-15,32H,1,4-5,16-24H2,(H,36,37,38). The normalized spacial score (nSPS) is 17.3. The van der Waals surface area contributed by atoms with E-state index in [0.717, 1.165) is 78.4 Å². The molecule has 3 aromatic carbocycles. The van der Waals surface area contributed by atoms with Crippen LogP contribution in [0.1, 0.15) is 42.3 Å². The Hall–Kier alpha value is -2.74. The molecule has 1 aromatic heterocycles. The molecule has 41 heavy (non-hydrogen) atoms. The summed E-state index contributed by atoms with van der Waals surface area (Å²) in [5.74, 6) is 1.83. The third kappa shape index (κ3) is 7.19. The Kier molecular flexibility index (Phi) is 9.34. The largest absolute Gasteiger partial charge is 0.368 e. The molecule has 0 amide bonds. The van der Waals surface area contributed by atoms with Gasteiger partial charge in [-0.25, -0.2) is 9.97 Å². The predicted octanol–water partition coefficient (Wildman–Crippen LogP) is 6.74. The number of hydrogen-bond acceptors (Lipinski definition) is 6. The maximum atomic E-state index is 6.22. The fraction of sp³-hybridized carbons (Fsp3) is 0.394. The van der Waals surface area contributed by atoms with Crippen LogP contribution >= 0.6 is 23.2 Å². The summed E-state index contributed by atoms with van der Waals surface area (Å²) in [6.07, 6.45) is 3.99. The van der Waals surface area contributed by atoms with Crippen LogP contribution in [0.4, 0.5) is 5.82 Å². The van der Waals surface area contributed by atoms with Crippen LogP contribution in [0.15, 0.2) is 72.8 Å². The van der Waals surface area contributed by atoms with Gasteiger partial charge in [0.2, 0.25) is 0 Å². The molecule has 2 aliphatic heterocycles. The van der Waals surface area contributed by atoms with Crippen LogP contribution in [0.5, 0.6) is 0 Å². The van der Waals surface area contributed by atoms with E-state index in [2.05, 4.69) is 68.5 Å². The van der Waals surface area contributed by atoms with E-state index in [4.69, 9.17) is 33.2 Å². The first-order chi connectivity index (χ1) is 20.1. The molecule has 2 saturated heterocycles. The van der Waals surface area contributed by atoms with E-state index in [1.54, 1.807) is 0 Å². The first-order valence-corrected chi connectivity index (χ1v) is 15.6. The molecule has 0 saturated carbocycles. The van der Waals surface area contributed by atoms with Gasteiger partial charge in [0.25, 0.3) is 0 Å². The van der Waals surface area contributed by atoms with E-state index in [-0.39, 0.29) is 6.04 Å². The Bertz CT molecular complexity index is 1370. The maximum Gasteiger partial charge on any atom is 0.145 e. The summed E-state index contributed by atoms with van der Waals surface area (Å²) in [7, 11) is 0. The van der Waals surface area contributed by atoms with Gasteiger partial charge in [-0.1, -0.05) is 66.0 Å². The molecule has 6 nitrogen and oxygen atoms in total. The number of para-hydroxylation sites is 1. The summed E-state index contributed by atoms with van der Waals surface area (Å²) in [6.45, 7) is 8.91. The molecule has 0 spiro atoms. The van der Waals surface area contributed by atoms with Crippen molar-refractivity contribution in [1.29, 1.82) is 0 Å². The van der Waals surface area contributed by atoms with Gasteiger partial charge in [0.15, 0.2) is 0 Å². The highest BCUT2D eigenvalue weighted by Crippen LogP contribution is 2.31. The molecular formula is C33H38Cl2N6. The molecule has 2 fully saturated rings. The summed E-state index contributed by atoms with van der Waals surface area (Å²) in [4.78, 5) is 17.6. The highest BCUT2D eigenvalue weighted by Gasteiger charge is 2.27. The molecule has 0 bridgehead atoms. The number of piperidine rings is 1.